The van der Waals surface area contributed by atoms with Crippen molar-refractivity contribution >= 4 is 17.7 Å². The fraction of sp³-hybridized carbons (Fsp3) is 0.286. The van der Waals surface area contributed by atoms with Gasteiger partial charge in [0.2, 0.25) is 0 Å². The molecule has 0 aromatic heterocycles. The minimum Gasteiger partial charge on any atom is -0.346 e. The predicted molar refractivity (Wildman–Crippen MR) is 99.0 cm³/mol. The molecule has 0 aliphatic carbocycles. The van der Waals surface area contributed by atoms with Gasteiger partial charge in [-0.05, 0) is 36.6 Å². The molecule has 1 N–H and O–H groups in total. The third-order valence-electron chi connectivity index (χ3n) is 4.43. The summed E-state index contributed by atoms with van der Waals surface area (Å²) in [7, 11) is 0. The van der Waals surface area contributed by atoms with E-state index < -0.39 is 0 Å². The Morgan fingerprint density at radius 1 is 0.962 bits per heavy atom. The summed E-state index contributed by atoms with van der Waals surface area (Å²) in [5.74, 6) is -0.703. The van der Waals surface area contributed by atoms with E-state index in [4.69, 9.17) is 0 Å². The quantitative estimate of drug-likeness (QED) is 0.840. The van der Waals surface area contributed by atoms with Crippen LogP contribution in [0, 0.1) is 5.92 Å². The molecule has 1 heterocycles. The number of hydrogen-bond acceptors (Lipinski definition) is 3. The Morgan fingerprint density at radius 3 is 2.27 bits per heavy atom. The van der Waals surface area contributed by atoms with Crippen LogP contribution in [0.2, 0.25) is 0 Å². The van der Waals surface area contributed by atoms with E-state index in [0.29, 0.717) is 23.2 Å². The van der Waals surface area contributed by atoms with Crippen molar-refractivity contribution in [2.45, 2.75) is 26.8 Å². The zero-order valence-corrected chi connectivity index (χ0v) is 15.2. The minimum absolute atomic E-state index is 0.160. The van der Waals surface area contributed by atoms with Crippen LogP contribution >= 0.6 is 0 Å². The van der Waals surface area contributed by atoms with Crippen molar-refractivity contribution < 1.29 is 14.4 Å². The van der Waals surface area contributed by atoms with Crippen LogP contribution in [0.4, 0.5) is 0 Å². The number of nitrogens with one attached hydrogen (secondary N) is 1. The van der Waals surface area contributed by atoms with Crippen molar-refractivity contribution in [3.8, 4) is 0 Å². The fourth-order valence-corrected chi connectivity index (χ4v) is 3.07. The summed E-state index contributed by atoms with van der Waals surface area (Å²) < 4.78 is 0. The van der Waals surface area contributed by atoms with Crippen molar-refractivity contribution in [2.75, 3.05) is 6.54 Å². The van der Waals surface area contributed by atoms with E-state index in [1.165, 1.54) is 11.0 Å². The highest BCUT2D eigenvalue weighted by molar-refractivity contribution is 6.22. The molecule has 5 heteroatoms. The van der Waals surface area contributed by atoms with Gasteiger partial charge in [0, 0.05) is 12.1 Å². The molecule has 1 aliphatic heterocycles. The van der Waals surface area contributed by atoms with E-state index in [0.717, 1.165) is 5.56 Å². The van der Waals surface area contributed by atoms with E-state index in [1.54, 1.807) is 12.1 Å². The van der Waals surface area contributed by atoms with Gasteiger partial charge < -0.3 is 5.32 Å². The van der Waals surface area contributed by atoms with E-state index in [1.807, 2.05) is 51.1 Å². The van der Waals surface area contributed by atoms with Crippen LogP contribution in [-0.2, 0) is 0 Å². The summed E-state index contributed by atoms with van der Waals surface area (Å²) in [6.45, 7) is 6.18. The molecule has 0 radical (unpaired) electrons. The summed E-state index contributed by atoms with van der Waals surface area (Å²) in [5, 5.41) is 2.92. The van der Waals surface area contributed by atoms with Crippen LogP contribution in [0.15, 0.2) is 48.5 Å². The van der Waals surface area contributed by atoms with Crippen LogP contribution in [-0.4, -0.2) is 29.2 Å². The second kappa shape index (κ2) is 7.12. The monoisotopic (exact) mass is 350 g/mol. The number of imide groups is 1. The zero-order chi connectivity index (χ0) is 18.8. The van der Waals surface area contributed by atoms with Crippen LogP contribution < -0.4 is 5.32 Å². The van der Waals surface area contributed by atoms with Gasteiger partial charge in [-0.2, -0.15) is 0 Å². The summed E-state index contributed by atoms with van der Waals surface area (Å²) in [5.41, 5.74) is 2.04. The molecular weight excluding hydrogens is 328 g/mol. The Morgan fingerprint density at radius 2 is 1.62 bits per heavy atom. The van der Waals surface area contributed by atoms with Gasteiger partial charge in [-0.25, -0.2) is 0 Å². The second-order valence-corrected chi connectivity index (χ2v) is 6.98. The molecule has 26 heavy (non-hydrogen) atoms. The smallest absolute Gasteiger partial charge is 0.261 e. The van der Waals surface area contributed by atoms with Crippen molar-refractivity contribution in [1.82, 2.24) is 10.2 Å². The van der Waals surface area contributed by atoms with Gasteiger partial charge in [-0.15, -0.1) is 0 Å². The largest absolute Gasteiger partial charge is 0.346 e. The summed E-state index contributed by atoms with van der Waals surface area (Å²) in [6, 6.07) is 14.2. The molecule has 1 unspecified atom stereocenters. The highest BCUT2D eigenvalue weighted by Gasteiger charge is 2.36. The maximum Gasteiger partial charge on any atom is 0.261 e. The molecule has 2 aromatic carbocycles. The van der Waals surface area contributed by atoms with E-state index >= 15 is 0 Å². The summed E-state index contributed by atoms with van der Waals surface area (Å²) >= 11 is 0. The Labute approximate surface area is 153 Å². The lowest BCUT2D eigenvalue weighted by atomic mass is 10.0. The van der Waals surface area contributed by atoms with Crippen molar-refractivity contribution in [3.05, 3.63) is 70.8 Å². The van der Waals surface area contributed by atoms with Gasteiger partial charge in [0.1, 0.15) is 0 Å². The van der Waals surface area contributed by atoms with Crippen molar-refractivity contribution in [1.29, 1.82) is 0 Å². The first-order valence-corrected chi connectivity index (χ1v) is 8.74. The maximum atomic E-state index is 12.6. The molecule has 0 fully saturated rings. The third-order valence-corrected chi connectivity index (χ3v) is 4.43. The predicted octanol–water partition coefficient (Wildman–Crippen LogP) is 3.43. The molecule has 2 aromatic rings. The van der Waals surface area contributed by atoms with E-state index in [2.05, 4.69) is 5.32 Å². The van der Waals surface area contributed by atoms with Crippen LogP contribution in [0.3, 0.4) is 0 Å². The second-order valence-electron chi connectivity index (χ2n) is 6.98. The van der Waals surface area contributed by atoms with Gasteiger partial charge >= 0.3 is 0 Å². The van der Waals surface area contributed by atoms with Gasteiger partial charge in [0.15, 0.2) is 0 Å². The number of carbonyl (C=O) groups excluding carboxylic acids is 3. The molecule has 3 amide bonds. The molecule has 5 nitrogen and oxygen atoms in total. The minimum atomic E-state index is -0.329. The topological polar surface area (TPSA) is 66.5 Å². The fourth-order valence-electron chi connectivity index (χ4n) is 3.07. The normalized spacial score (nSPS) is 14.5. The molecule has 0 saturated carbocycles. The van der Waals surface area contributed by atoms with Gasteiger partial charge in [-0.3, -0.25) is 19.3 Å². The molecule has 1 aliphatic rings. The average molecular weight is 350 g/mol. The Bertz CT molecular complexity index is 859. The highest BCUT2D eigenvalue weighted by atomic mass is 16.2. The Hall–Kier alpha value is -2.95. The number of hydrogen-bond donors (Lipinski definition) is 1. The average Bonchev–Trinajstić information content (AvgIpc) is 2.86. The molecule has 0 saturated heterocycles. The molecule has 0 bridgehead atoms. The molecule has 1 atom stereocenters. The van der Waals surface area contributed by atoms with Crippen LogP contribution in [0.5, 0.6) is 0 Å². The lowest BCUT2D eigenvalue weighted by molar-refractivity contribution is 0.0636. The van der Waals surface area contributed by atoms with Gasteiger partial charge in [0.25, 0.3) is 17.7 Å². The maximum absolute atomic E-state index is 12.6. The number of amides is 3. The van der Waals surface area contributed by atoms with Crippen LogP contribution in [0.25, 0.3) is 0 Å². The van der Waals surface area contributed by atoms with E-state index in [-0.39, 0.29) is 29.7 Å². The first-order valence-electron chi connectivity index (χ1n) is 8.74. The molecule has 0 spiro atoms. The summed E-state index contributed by atoms with van der Waals surface area (Å²) in [4.78, 5) is 38.7. The lowest BCUT2D eigenvalue weighted by Crippen LogP contribution is -2.33. The number of fused-ring (bicyclic) bond motifs is 1. The first-order chi connectivity index (χ1) is 12.4. The van der Waals surface area contributed by atoms with Crippen molar-refractivity contribution in [2.24, 2.45) is 5.92 Å². The molecular formula is C21H22N2O3. The van der Waals surface area contributed by atoms with Crippen LogP contribution in [0.1, 0.15) is 63.5 Å². The first kappa shape index (κ1) is 17.9. The SMILES string of the molecule is CC(C)CN1C(=O)c2ccc(C(=O)NC(C)c3ccccc3)cc2C1=O. The Kier molecular flexibility index (Phi) is 4.89. The van der Waals surface area contributed by atoms with Crippen molar-refractivity contribution in [3.63, 3.8) is 0 Å². The molecule has 134 valence electrons. The third kappa shape index (κ3) is 3.38. The Balaban J connectivity index is 1.80. The van der Waals surface area contributed by atoms with Gasteiger partial charge in [0.05, 0.1) is 17.2 Å². The van der Waals surface area contributed by atoms with Gasteiger partial charge in [-0.1, -0.05) is 44.2 Å². The molecule has 3 rings (SSSR count). The number of benzene rings is 2. The highest BCUT2D eigenvalue weighted by Crippen LogP contribution is 2.25. The zero-order valence-electron chi connectivity index (χ0n) is 15.2. The number of nitrogens with zero attached hydrogens (tertiary/aromatic N) is 1. The van der Waals surface area contributed by atoms with E-state index in [9.17, 15) is 14.4 Å². The summed E-state index contributed by atoms with van der Waals surface area (Å²) in [6.07, 6.45) is 0. The number of carbonyl (C=O) groups is 3. The standard InChI is InChI=1S/C21H22N2O3/c1-13(2)12-23-20(25)17-10-9-16(11-18(17)21(23)26)19(24)22-14(3)15-7-5-4-6-8-15/h4-11,13-14H,12H2,1-3H3,(H,22,24). The lowest BCUT2D eigenvalue weighted by Gasteiger charge is -2.15. The number of rotatable bonds is 5.